The number of piperazine rings is 1. The van der Waals surface area contributed by atoms with Crippen LogP contribution in [0, 0.1) is 0 Å². The summed E-state index contributed by atoms with van der Waals surface area (Å²) in [6.07, 6.45) is -4.97. The van der Waals surface area contributed by atoms with E-state index in [1.54, 1.807) is 6.07 Å². The quantitative estimate of drug-likeness (QED) is 0.526. The van der Waals surface area contributed by atoms with Crippen molar-refractivity contribution in [3.63, 3.8) is 0 Å². The summed E-state index contributed by atoms with van der Waals surface area (Å²) in [6, 6.07) is 13.4. The van der Waals surface area contributed by atoms with E-state index in [2.05, 4.69) is 24.8 Å². The van der Waals surface area contributed by atoms with Gasteiger partial charge in [-0.15, -0.1) is 0 Å². The van der Waals surface area contributed by atoms with Crippen LogP contribution in [0.3, 0.4) is 0 Å². The van der Waals surface area contributed by atoms with E-state index >= 15 is 0 Å². The molecule has 1 N–H and O–H groups in total. The Morgan fingerprint density at radius 3 is 2.39 bits per heavy atom. The predicted molar refractivity (Wildman–Crippen MR) is 123 cm³/mol. The molecule has 1 atom stereocenters. The maximum absolute atomic E-state index is 13.0. The third kappa shape index (κ3) is 7.62. The Morgan fingerprint density at radius 1 is 0.970 bits per heavy atom. The molecule has 1 fully saturated rings. The molecule has 0 saturated carbocycles. The third-order valence-corrected chi connectivity index (χ3v) is 5.72. The number of hydrogen-bond acceptors (Lipinski definition) is 5. The molecular weight excluding hydrogens is 433 g/mol. The van der Waals surface area contributed by atoms with Crippen LogP contribution in [-0.4, -0.2) is 68.7 Å². The number of benzene rings is 2. The number of para-hydroxylation sites is 1. The minimum absolute atomic E-state index is 0.211. The molecule has 1 saturated heterocycles. The van der Waals surface area contributed by atoms with Crippen molar-refractivity contribution in [3.8, 4) is 5.75 Å². The predicted octanol–water partition coefficient (Wildman–Crippen LogP) is 4.41. The molecule has 8 heteroatoms. The maximum Gasteiger partial charge on any atom is 0.416 e. The summed E-state index contributed by atoms with van der Waals surface area (Å²) in [7, 11) is 0. The molecule has 2 aromatic rings. The molecular formula is C25H33F3N2O3. The van der Waals surface area contributed by atoms with E-state index in [9.17, 15) is 18.3 Å². The van der Waals surface area contributed by atoms with E-state index in [-0.39, 0.29) is 6.61 Å². The van der Waals surface area contributed by atoms with Gasteiger partial charge in [-0.05, 0) is 35.7 Å². The minimum atomic E-state index is -4.34. The maximum atomic E-state index is 13.0. The second-order valence-corrected chi connectivity index (χ2v) is 8.61. The second kappa shape index (κ2) is 11.7. The van der Waals surface area contributed by atoms with E-state index in [4.69, 9.17) is 9.47 Å². The van der Waals surface area contributed by atoms with Gasteiger partial charge in [0.05, 0.1) is 24.9 Å². The summed E-state index contributed by atoms with van der Waals surface area (Å²) < 4.78 is 50.3. The Kier molecular flexibility index (Phi) is 9.00. The Bertz CT molecular complexity index is 868. The van der Waals surface area contributed by atoms with Crippen molar-refractivity contribution < 1.29 is 27.8 Å². The van der Waals surface area contributed by atoms with Crippen molar-refractivity contribution in [2.45, 2.75) is 32.0 Å². The van der Waals surface area contributed by atoms with Gasteiger partial charge in [0, 0.05) is 38.4 Å². The van der Waals surface area contributed by atoms with Crippen molar-refractivity contribution in [2.75, 3.05) is 57.4 Å². The lowest BCUT2D eigenvalue weighted by Crippen LogP contribution is -2.49. The number of ether oxygens (including phenoxy) is 2. The van der Waals surface area contributed by atoms with Gasteiger partial charge in [0.15, 0.2) is 0 Å². The second-order valence-electron chi connectivity index (χ2n) is 8.61. The monoisotopic (exact) mass is 466 g/mol. The van der Waals surface area contributed by atoms with Gasteiger partial charge in [0.1, 0.15) is 12.4 Å². The molecule has 0 amide bonds. The molecule has 33 heavy (non-hydrogen) atoms. The first kappa shape index (κ1) is 25.3. The number of anilines is 1. The van der Waals surface area contributed by atoms with Gasteiger partial charge in [0.2, 0.25) is 0 Å². The standard InChI is InChI=1S/C25H33F3N2O3/c1-19(2)23-8-3-4-9-24(23)33-15-14-32-18-22(31)17-29-10-12-30(13-11-29)21-7-5-6-20(16-21)25(26,27)28/h3-9,16,19,22,31H,10-15,17-18H2,1-2H3. The number of nitrogens with zero attached hydrogens (tertiary/aromatic N) is 2. The number of β-amino-alcohol motifs (C(OH)–C–C–N with tert-alkyl or cyclic N) is 1. The third-order valence-electron chi connectivity index (χ3n) is 5.72. The van der Waals surface area contributed by atoms with Gasteiger partial charge in [-0.25, -0.2) is 0 Å². The molecule has 0 aliphatic carbocycles. The van der Waals surface area contributed by atoms with Gasteiger partial charge >= 0.3 is 6.18 Å². The largest absolute Gasteiger partial charge is 0.491 e. The Hall–Kier alpha value is -2.29. The first-order valence-electron chi connectivity index (χ1n) is 11.4. The molecule has 0 radical (unpaired) electrons. The summed E-state index contributed by atoms with van der Waals surface area (Å²) in [6.45, 7) is 8.26. The average Bonchev–Trinajstić information content (AvgIpc) is 2.79. The zero-order valence-corrected chi connectivity index (χ0v) is 19.2. The van der Waals surface area contributed by atoms with Crippen LogP contribution in [0.2, 0.25) is 0 Å². The van der Waals surface area contributed by atoms with Crippen LogP contribution in [0.4, 0.5) is 18.9 Å². The zero-order chi connectivity index (χ0) is 23.8. The SMILES string of the molecule is CC(C)c1ccccc1OCCOCC(O)CN1CCN(c2cccc(C(F)(F)F)c2)CC1. The summed E-state index contributed by atoms with van der Waals surface area (Å²) in [5.41, 5.74) is 1.10. The van der Waals surface area contributed by atoms with Crippen LogP contribution in [0.25, 0.3) is 0 Å². The van der Waals surface area contributed by atoms with Gasteiger partial charge < -0.3 is 19.5 Å². The van der Waals surface area contributed by atoms with Crippen LogP contribution >= 0.6 is 0 Å². The first-order valence-corrected chi connectivity index (χ1v) is 11.4. The van der Waals surface area contributed by atoms with Crippen LogP contribution in [-0.2, 0) is 10.9 Å². The van der Waals surface area contributed by atoms with Crippen LogP contribution in [0.1, 0.15) is 30.9 Å². The number of hydrogen-bond donors (Lipinski definition) is 1. The van der Waals surface area contributed by atoms with Gasteiger partial charge in [-0.2, -0.15) is 13.2 Å². The molecule has 1 aliphatic heterocycles. The highest BCUT2D eigenvalue weighted by Crippen LogP contribution is 2.32. The Labute approximate surface area is 193 Å². The Morgan fingerprint density at radius 2 is 1.70 bits per heavy atom. The molecule has 0 spiro atoms. The number of halogens is 3. The number of aliphatic hydroxyl groups excluding tert-OH is 1. The zero-order valence-electron chi connectivity index (χ0n) is 19.2. The van der Waals surface area contributed by atoms with Crippen LogP contribution in [0.15, 0.2) is 48.5 Å². The molecule has 3 rings (SSSR count). The fraction of sp³-hybridized carbons (Fsp3) is 0.520. The normalized spacial score (nSPS) is 16.3. The fourth-order valence-corrected chi connectivity index (χ4v) is 3.94. The Balaban J connectivity index is 1.34. The summed E-state index contributed by atoms with van der Waals surface area (Å²) in [4.78, 5) is 4.05. The molecule has 2 aromatic carbocycles. The van der Waals surface area contributed by atoms with E-state index < -0.39 is 17.8 Å². The fourth-order valence-electron chi connectivity index (χ4n) is 3.94. The van der Waals surface area contributed by atoms with E-state index in [1.807, 2.05) is 23.1 Å². The van der Waals surface area contributed by atoms with E-state index in [0.717, 1.165) is 17.4 Å². The lowest BCUT2D eigenvalue weighted by Gasteiger charge is -2.37. The van der Waals surface area contributed by atoms with E-state index in [1.165, 1.54) is 12.1 Å². The smallest absolute Gasteiger partial charge is 0.416 e. The average molecular weight is 467 g/mol. The van der Waals surface area contributed by atoms with Crippen LogP contribution in [0.5, 0.6) is 5.75 Å². The van der Waals surface area contributed by atoms with Crippen molar-refractivity contribution in [1.29, 1.82) is 0 Å². The van der Waals surface area contributed by atoms with Gasteiger partial charge in [-0.3, -0.25) is 4.90 Å². The molecule has 1 aliphatic rings. The first-order chi connectivity index (χ1) is 15.7. The van der Waals surface area contributed by atoms with Gasteiger partial charge in [0.25, 0.3) is 0 Å². The number of rotatable bonds is 10. The van der Waals surface area contributed by atoms with Gasteiger partial charge in [-0.1, -0.05) is 38.1 Å². The van der Waals surface area contributed by atoms with Crippen molar-refractivity contribution >= 4 is 5.69 Å². The molecule has 182 valence electrons. The molecule has 0 bridgehead atoms. The molecule has 1 heterocycles. The minimum Gasteiger partial charge on any atom is -0.491 e. The van der Waals surface area contributed by atoms with Crippen molar-refractivity contribution in [2.24, 2.45) is 0 Å². The molecule has 1 unspecified atom stereocenters. The lowest BCUT2D eigenvalue weighted by atomic mass is 10.0. The summed E-state index contributed by atoms with van der Waals surface area (Å²) in [5, 5.41) is 10.3. The molecule has 5 nitrogen and oxygen atoms in total. The highest BCUT2D eigenvalue weighted by atomic mass is 19.4. The molecule has 0 aromatic heterocycles. The number of alkyl halides is 3. The lowest BCUT2D eigenvalue weighted by molar-refractivity contribution is -0.137. The number of aliphatic hydroxyl groups is 1. The van der Waals surface area contributed by atoms with Crippen molar-refractivity contribution in [1.82, 2.24) is 4.90 Å². The van der Waals surface area contributed by atoms with Crippen molar-refractivity contribution in [3.05, 3.63) is 59.7 Å². The highest BCUT2D eigenvalue weighted by Gasteiger charge is 2.31. The summed E-state index contributed by atoms with van der Waals surface area (Å²) >= 11 is 0. The van der Waals surface area contributed by atoms with Crippen LogP contribution < -0.4 is 9.64 Å². The highest BCUT2D eigenvalue weighted by molar-refractivity contribution is 5.49. The topological polar surface area (TPSA) is 45.2 Å². The van der Waals surface area contributed by atoms with E-state index in [0.29, 0.717) is 57.5 Å². The summed E-state index contributed by atoms with van der Waals surface area (Å²) in [5.74, 6) is 1.23.